The van der Waals surface area contributed by atoms with Gasteiger partial charge in [0.05, 0.1) is 17.2 Å². The van der Waals surface area contributed by atoms with Gasteiger partial charge in [-0.05, 0) is 30.9 Å². The van der Waals surface area contributed by atoms with Crippen molar-refractivity contribution in [1.82, 2.24) is 4.90 Å². The van der Waals surface area contributed by atoms with E-state index in [9.17, 15) is 4.79 Å². The van der Waals surface area contributed by atoms with Crippen LogP contribution in [0.25, 0.3) is 0 Å². The van der Waals surface area contributed by atoms with Crippen molar-refractivity contribution in [3.05, 3.63) is 27.7 Å². The second-order valence-electron chi connectivity index (χ2n) is 5.13. The zero-order valence-corrected chi connectivity index (χ0v) is 13.7. The van der Waals surface area contributed by atoms with Crippen molar-refractivity contribution in [2.45, 2.75) is 12.8 Å². The Bertz CT molecular complexity index is 514. The standard InChI is InChI=1S/C15H19Cl2NO3/c1-20-9-10-5-7-18(8-6-10)15(19)13-11(16)3-4-12(17)14(13)21-2/h3-4,10H,5-9H2,1-2H3. The quantitative estimate of drug-likeness (QED) is 0.847. The monoisotopic (exact) mass is 331 g/mol. The molecule has 0 unspecified atom stereocenters. The van der Waals surface area contributed by atoms with Crippen LogP contribution in [0.4, 0.5) is 0 Å². The normalized spacial score (nSPS) is 16.1. The van der Waals surface area contributed by atoms with E-state index >= 15 is 0 Å². The van der Waals surface area contributed by atoms with Crippen LogP contribution in [0, 0.1) is 5.92 Å². The van der Waals surface area contributed by atoms with Gasteiger partial charge in [-0.25, -0.2) is 0 Å². The van der Waals surface area contributed by atoms with Gasteiger partial charge in [0.1, 0.15) is 5.56 Å². The van der Waals surface area contributed by atoms with Gasteiger partial charge in [-0.1, -0.05) is 23.2 Å². The van der Waals surface area contributed by atoms with Gasteiger partial charge >= 0.3 is 0 Å². The summed E-state index contributed by atoms with van der Waals surface area (Å²) in [6, 6.07) is 3.25. The summed E-state index contributed by atoms with van der Waals surface area (Å²) < 4.78 is 10.4. The van der Waals surface area contributed by atoms with Crippen LogP contribution in [0.1, 0.15) is 23.2 Å². The third-order valence-corrected chi connectivity index (χ3v) is 4.39. The zero-order chi connectivity index (χ0) is 15.4. The molecule has 0 spiro atoms. The van der Waals surface area contributed by atoms with Gasteiger partial charge in [-0.3, -0.25) is 4.79 Å². The van der Waals surface area contributed by atoms with Crippen LogP contribution in [0.2, 0.25) is 10.0 Å². The number of nitrogens with zero attached hydrogens (tertiary/aromatic N) is 1. The summed E-state index contributed by atoms with van der Waals surface area (Å²) in [4.78, 5) is 14.5. The van der Waals surface area contributed by atoms with Gasteiger partial charge in [0.25, 0.3) is 5.91 Å². The molecule has 6 heteroatoms. The SMILES string of the molecule is COCC1CCN(C(=O)c2c(Cl)ccc(Cl)c2OC)CC1. The van der Waals surface area contributed by atoms with Gasteiger partial charge in [-0.15, -0.1) is 0 Å². The van der Waals surface area contributed by atoms with E-state index in [0.29, 0.717) is 40.4 Å². The topological polar surface area (TPSA) is 38.8 Å². The number of methoxy groups -OCH3 is 2. The van der Waals surface area contributed by atoms with E-state index in [1.807, 2.05) is 0 Å². The molecule has 0 N–H and O–H groups in total. The van der Waals surface area contributed by atoms with Gasteiger partial charge in [0, 0.05) is 26.8 Å². The molecule has 2 rings (SSSR count). The Morgan fingerprint density at radius 2 is 1.86 bits per heavy atom. The first-order chi connectivity index (χ1) is 10.1. The molecule has 116 valence electrons. The Morgan fingerprint density at radius 1 is 1.24 bits per heavy atom. The number of amides is 1. The van der Waals surface area contributed by atoms with Crippen molar-refractivity contribution in [2.75, 3.05) is 33.9 Å². The van der Waals surface area contributed by atoms with Crippen LogP contribution in [0.15, 0.2) is 12.1 Å². The van der Waals surface area contributed by atoms with Crippen LogP contribution >= 0.6 is 23.2 Å². The summed E-state index contributed by atoms with van der Waals surface area (Å²) in [6.45, 7) is 2.13. The second kappa shape index (κ2) is 7.34. The zero-order valence-electron chi connectivity index (χ0n) is 12.2. The number of likely N-dealkylation sites (tertiary alicyclic amines) is 1. The molecular formula is C15H19Cl2NO3. The fourth-order valence-electron chi connectivity index (χ4n) is 2.63. The number of carbonyl (C=O) groups is 1. The van der Waals surface area contributed by atoms with Crippen molar-refractivity contribution < 1.29 is 14.3 Å². The van der Waals surface area contributed by atoms with Crippen LogP contribution in [0.5, 0.6) is 5.75 Å². The summed E-state index contributed by atoms with van der Waals surface area (Å²) in [7, 11) is 3.19. The molecule has 1 aliphatic rings. The van der Waals surface area contributed by atoms with Crippen molar-refractivity contribution >= 4 is 29.1 Å². The summed E-state index contributed by atoms with van der Waals surface area (Å²) in [5.74, 6) is 0.721. The highest BCUT2D eigenvalue weighted by atomic mass is 35.5. The van der Waals surface area contributed by atoms with Crippen LogP contribution in [-0.2, 0) is 4.74 Å². The third-order valence-electron chi connectivity index (χ3n) is 3.78. The van der Waals surface area contributed by atoms with Crippen molar-refractivity contribution in [1.29, 1.82) is 0 Å². The summed E-state index contributed by atoms with van der Waals surface area (Å²) in [6.07, 6.45) is 1.86. The summed E-state index contributed by atoms with van der Waals surface area (Å²) in [5.41, 5.74) is 0.344. The van der Waals surface area contributed by atoms with Gasteiger partial charge in [-0.2, -0.15) is 0 Å². The molecule has 1 amide bonds. The molecule has 1 aromatic rings. The molecule has 1 aromatic carbocycles. The molecule has 4 nitrogen and oxygen atoms in total. The van der Waals surface area contributed by atoms with Crippen LogP contribution in [0.3, 0.4) is 0 Å². The number of hydrogen-bond acceptors (Lipinski definition) is 3. The predicted octanol–water partition coefficient (Wildman–Crippen LogP) is 3.50. The van der Waals surface area contributed by atoms with Crippen molar-refractivity contribution in [3.8, 4) is 5.75 Å². The molecular weight excluding hydrogens is 313 g/mol. The molecule has 21 heavy (non-hydrogen) atoms. The fourth-order valence-corrected chi connectivity index (χ4v) is 3.09. The maximum absolute atomic E-state index is 12.7. The van der Waals surface area contributed by atoms with Crippen molar-refractivity contribution in [3.63, 3.8) is 0 Å². The molecule has 1 aliphatic heterocycles. The second-order valence-corrected chi connectivity index (χ2v) is 5.94. The molecule has 1 saturated heterocycles. The lowest BCUT2D eigenvalue weighted by atomic mass is 9.97. The fraction of sp³-hybridized carbons (Fsp3) is 0.533. The van der Waals surface area contributed by atoms with E-state index in [2.05, 4.69) is 0 Å². The van der Waals surface area contributed by atoms with Gasteiger partial charge in [0.2, 0.25) is 0 Å². The van der Waals surface area contributed by atoms with Gasteiger partial charge in [0.15, 0.2) is 5.75 Å². The first kappa shape index (κ1) is 16.4. The molecule has 0 bridgehead atoms. The smallest absolute Gasteiger partial charge is 0.259 e. The molecule has 0 radical (unpaired) electrons. The molecule has 1 fully saturated rings. The molecule has 0 aliphatic carbocycles. The van der Waals surface area contributed by atoms with E-state index < -0.39 is 0 Å². The number of piperidine rings is 1. The Hall–Kier alpha value is -0.970. The summed E-state index contributed by atoms with van der Waals surface area (Å²) in [5, 5.41) is 0.750. The lowest BCUT2D eigenvalue weighted by Crippen LogP contribution is -2.39. The molecule has 0 saturated carbocycles. The predicted molar refractivity (Wildman–Crippen MR) is 83.5 cm³/mol. The maximum atomic E-state index is 12.7. The van der Waals surface area contributed by atoms with Crippen molar-refractivity contribution in [2.24, 2.45) is 5.92 Å². The minimum atomic E-state index is -0.129. The Labute approximate surface area is 134 Å². The first-order valence-electron chi connectivity index (χ1n) is 6.88. The van der Waals surface area contributed by atoms with E-state index in [0.717, 1.165) is 19.4 Å². The average molecular weight is 332 g/mol. The number of ether oxygens (including phenoxy) is 2. The highest BCUT2D eigenvalue weighted by Gasteiger charge is 2.28. The largest absolute Gasteiger partial charge is 0.494 e. The van der Waals surface area contributed by atoms with E-state index in [4.69, 9.17) is 32.7 Å². The Kier molecular flexibility index (Phi) is 5.73. The molecule has 1 heterocycles. The number of carbonyl (C=O) groups excluding carboxylic acids is 1. The number of benzene rings is 1. The highest BCUT2D eigenvalue weighted by molar-refractivity contribution is 6.37. The number of halogens is 2. The molecule has 0 aromatic heterocycles. The maximum Gasteiger partial charge on any atom is 0.259 e. The average Bonchev–Trinajstić information content (AvgIpc) is 2.49. The van der Waals surface area contributed by atoms with E-state index in [-0.39, 0.29) is 5.91 Å². The van der Waals surface area contributed by atoms with Crippen LogP contribution < -0.4 is 4.74 Å². The Morgan fingerprint density at radius 3 is 2.43 bits per heavy atom. The molecule has 0 atom stereocenters. The minimum Gasteiger partial charge on any atom is -0.494 e. The Balaban J connectivity index is 2.16. The van der Waals surface area contributed by atoms with E-state index in [1.165, 1.54) is 7.11 Å². The highest BCUT2D eigenvalue weighted by Crippen LogP contribution is 2.35. The van der Waals surface area contributed by atoms with E-state index in [1.54, 1.807) is 24.1 Å². The summed E-state index contributed by atoms with van der Waals surface area (Å²) >= 11 is 12.2. The number of rotatable bonds is 4. The lowest BCUT2D eigenvalue weighted by molar-refractivity contribution is 0.0611. The lowest BCUT2D eigenvalue weighted by Gasteiger charge is -2.32. The number of hydrogen-bond donors (Lipinski definition) is 0. The minimum absolute atomic E-state index is 0.129. The third kappa shape index (κ3) is 3.62. The van der Waals surface area contributed by atoms with Gasteiger partial charge < -0.3 is 14.4 Å². The first-order valence-corrected chi connectivity index (χ1v) is 7.64. The van der Waals surface area contributed by atoms with Crippen LogP contribution in [-0.4, -0.2) is 44.7 Å².